The van der Waals surface area contributed by atoms with Crippen LogP contribution in [-0.2, 0) is 0 Å². The van der Waals surface area contributed by atoms with Crippen molar-refractivity contribution in [2.75, 3.05) is 0 Å². The molecule has 19 heavy (non-hydrogen) atoms. The van der Waals surface area contributed by atoms with E-state index in [1.807, 2.05) is 24.4 Å². The molecule has 3 aromatic rings. The lowest BCUT2D eigenvalue weighted by molar-refractivity contribution is 1.09. The third-order valence-corrected chi connectivity index (χ3v) is 2.82. The number of hydrogen-bond acceptors (Lipinski definition) is 3. The first-order chi connectivity index (χ1) is 9.38. The van der Waals surface area contributed by atoms with Crippen LogP contribution in [0.1, 0.15) is 5.69 Å². The van der Waals surface area contributed by atoms with Gasteiger partial charge in [-0.05, 0) is 29.8 Å². The molecule has 0 atom stereocenters. The van der Waals surface area contributed by atoms with E-state index in [-0.39, 0.29) is 0 Å². The first-order valence-electron chi connectivity index (χ1n) is 5.75. The Morgan fingerprint density at radius 2 is 1.89 bits per heavy atom. The Morgan fingerprint density at radius 3 is 2.58 bits per heavy atom. The van der Waals surface area contributed by atoms with Crippen LogP contribution in [0.25, 0.3) is 22.4 Å². The molecule has 0 bridgehead atoms. The largest absolute Gasteiger partial charge is 0.284 e. The number of H-pyrrole nitrogens is 1. The molecular formula is C15H10N4. The van der Waals surface area contributed by atoms with E-state index in [1.54, 1.807) is 24.7 Å². The summed E-state index contributed by atoms with van der Waals surface area (Å²) in [4.78, 5) is 8.20. The van der Waals surface area contributed by atoms with Gasteiger partial charge in [0.1, 0.15) is 11.4 Å². The Labute approximate surface area is 110 Å². The van der Waals surface area contributed by atoms with Gasteiger partial charge in [-0.25, -0.2) is 4.98 Å². The van der Waals surface area contributed by atoms with Crippen LogP contribution in [0, 0.1) is 12.3 Å². The Balaban J connectivity index is 2.07. The smallest absolute Gasteiger partial charge is 0.112 e. The number of nitrogens with one attached hydrogen (secondary N) is 1. The number of nitrogens with zero attached hydrogens (tertiary/aromatic N) is 3. The van der Waals surface area contributed by atoms with Crippen LogP contribution >= 0.6 is 0 Å². The van der Waals surface area contributed by atoms with Gasteiger partial charge >= 0.3 is 0 Å². The first kappa shape index (κ1) is 11.2. The van der Waals surface area contributed by atoms with Crippen molar-refractivity contribution >= 4 is 0 Å². The fraction of sp³-hybridized carbons (Fsp3) is 0. The van der Waals surface area contributed by atoms with E-state index < -0.39 is 0 Å². The average Bonchev–Trinajstić information content (AvgIpc) is 2.98. The summed E-state index contributed by atoms with van der Waals surface area (Å²) in [5.74, 6) is 2.50. The summed E-state index contributed by atoms with van der Waals surface area (Å²) in [5, 5.41) is 7.17. The number of hydrogen-bond donors (Lipinski definition) is 1. The van der Waals surface area contributed by atoms with Crippen LogP contribution in [0.3, 0.4) is 0 Å². The maximum absolute atomic E-state index is 5.30. The minimum Gasteiger partial charge on any atom is -0.284 e. The summed E-state index contributed by atoms with van der Waals surface area (Å²) < 4.78 is 0. The lowest BCUT2D eigenvalue weighted by Crippen LogP contribution is -1.86. The molecule has 1 N–H and O–H groups in total. The molecule has 3 aromatic heterocycles. The Morgan fingerprint density at radius 1 is 1.05 bits per heavy atom. The van der Waals surface area contributed by atoms with Crippen LogP contribution < -0.4 is 0 Å². The first-order valence-corrected chi connectivity index (χ1v) is 5.75. The van der Waals surface area contributed by atoms with Gasteiger partial charge in [0.25, 0.3) is 0 Å². The van der Waals surface area contributed by atoms with E-state index in [2.05, 4.69) is 26.1 Å². The van der Waals surface area contributed by atoms with Crippen molar-refractivity contribution in [1.29, 1.82) is 0 Å². The Kier molecular flexibility index (Phi) is 2.79. The maximum atomic E-state index is 5.30. The minimum atomic E-state index is 0.616. The van der Waals surface area contributed by atoms with Gasteiger partial charge in [-0.1, -0.05) is 5.92 Å². The van der Waals surface area contributed by atoms with Crippen LogP contribution in [0.15, 0.2) is 49.1 Å². The van der Waals surface area contributed by atoms with Gasteiger partial charge in [-0.15, -0.1) is 6.42 Å². The summed E-state index contributed by atoms with van der Waals surface area (Å²) in [6, 6.07) is 7.61. The molecule has 4 nitrogen and oxygen atoms in total. The van der Waals surface area contributed by atoms with Crippen molar-refractivity contribution in [3.05, 3.63) is 54.7 Å². The molecule has 0 saturated carbocycles. The molecule has 0 aromatic carbocycles. The molecule has 0 saturated heterocycles. The molecule has 3 heterocycles. The number of aromatic amines is 1. The maximum Gasteiger partial charge on any atom is 0.112 e. The highest BCUT2D eigenvalue weighted by molar-refractivity contribution is 5.79. The topological polar surface area (TPSA) is 54.5 Å². The molecule has 0 amide bonds. The normalized spacial score (nSPS) is 10.1. The molecule has 0 radical (unpaired) electrons. The highest BCUT2D eigenvalue weighted by atomic mass is 15.1. The summed E-state index contributed by atoms with van der Waals surface area (Å²) in [6.45, 7) is 0. The number of pyridine rings is 2. The second-order valence-corrected chi connectivity index (χ2v) is 3.96. The van der Waals surface area contributed by atoms with Gasteiger partial charge in [-0.3, -0.25) is 10.1 Å². The van der Waals surface area contributed by atoms with Gasteiger partial charge < -0.3 is 0 Å². The van der Waals surface area contributed by atoms with Crippen LogP contribution in [-0.4, -0.2) is 20.2 Å². The van der Waals surface area contributed by atoms with Crippen molar-refractivity contribution < 1.29 is 0 Å². The van der Waals surface area contributed by atoms with E-state index in [9.17, 15) is 0 Å². The zero-order chi connectivity index (χ0) is 13.1. The quantitative estimate of drug-likeness (QED) is 0.707. The lowest BCUT2D eigenvalue weighted by atomic mass is 10.0. The standard InChI is InChI=1S/C15H10N4/c1-2-13-4-3-12(9-17-13)15-14(10-18-19-15)11-5-7-16-8-6-11/h1,3-10H,(H,18,19). The highest BCUT2D eigenvalue weighted by Gasteiger charge is 2.10. The van der Waals surface area contributed by atoms with Gasteiger partial charge in [-0.2, -0.15) is 5.10 Å². The third-order valence-electron chi connectivity index (χ3n) is 2.82. The minimum absolute atomic E-state index is 0.616. The summed E-state index contributed by atoms with van der Waals surface area (Å²) in [6.07, 6.45) is 12.4. The zero-order valence-electron chi connectivity index (χ0n) is 10.0. The number of terminal acetylenes is 1. The third kappa shape index (κ3) is 2.09. The average molecular weight is 246 g/mol. The molecule has 0 aliphatic rings. The summed E-state index contributed by atoms with van der Waals surface area (Å²) >= 11 is 0. The second-order valence-electron chi connectivity index (χ2n) is 3.96. The lowest BCUT2D eigenvalue weighted by Gasteiger charge is -2.02. The SMILES string of the molecule is C#Cc1ccc(-c2n[nH]cc2-c2ccncc2)cn1. The zero-order valence-corrected chi connectivity index (χ0v) is 10.0. The van der Waals surface area contributed by atoms with Crippen molar-refractivity contribution in [1.82, 2.24) is 20.2 Å². The predicted molar refractivity (Wildman–Crippen MR) is 73.0 cm³/mol. The van der Waals surface area contributed by atoms with E-state index in [1.165, 1.54) is 0 Å². The Bertz CT molecular complexity index is 721. The van der Waals surface area contributed by atoms with E-state index in [0.717, 1.165) is 22.4 Å². The fourth-order valence-electron chi connectivity index (χ4n) is 1.88. The molecule has 90 valence electrons. The van der Waals surface area contributed by atoms with Crippen LogP contribution in [0.5, 0.6) is 0 Å². The molecule has 0 aliphatic carbocycles. The van der Waals surface area contributed by atoms with Crippen molar-refractivity contribution in [3.63, 3.8) is 0 Å². The predicted octanol–water partition coefficient (Wildman–Crippen LogP) is 2.51. The molecule has 0 fully saturated rings. The van der Waals surface area contributed by atoms with E-state index in [4.69, 9.17) is 6.42 Å². The molecule has 3 rings (SSSR count). The van der Waals surface area contributed by atoms with Crippen LogP contribution in [0.2, 0.25) is 0 Å². The molecule has 0 spiro atoms. The molecular weight excluding hydrogens is 236 g/mol. The monoisotopic (exact) mass is 246 g/mol. The summed E-state index contributed by atoms with van der Waals surface area (Å²) in [7, 11) is 0. The van der Waals surface area contributed by atoms with E-state index >= 15 is 0 Å². The van der Waals surface area contributed by atoms with Gasteiger partial charge in [0.2, 0.25) is 0 Å². The van der Waals surface area contributed by atoms with Gasteiger partial charge in [0.05, 0.1) is 0 Å². The molecule has 0 unspecified atom stereocenters. The van der Waals surface area contributed by atoms with Crippen molar-refractivity contribution in [2.24, 2.45) is 0 Å². The second kappa shape index (κ2) is 4.75. The van der Waals surface area contributed by atoms with Gasteiger partial charge in [0, 0.05) is 35.9 Å². The fourth-order valence-corrected chi connectivity index (χ4v) is 1.88. The molecule has 0 aliphatic heterocycles. The Hall–Kier alpha value is -2.93. The number of rotatable bonds is 2. The van der Waals surface area contributed by atoms with E-state index in [0.29, 0.717) is 5.69 Å². The van der Waals surface area contributed by atoms with Crippen molar-refractivity contribution in [3.8, 4) is 34.7 Å². The summed E-state index contributed by atoms with van der Waals surface area (Å²) in [5.41, 5.74) is 4.46. The highest BCUT2D eigenvalue weighted by Crippen LogP contribution is 2.29. The molecule has 4 heteroatoms. The number of aromatic nitrogens is 4. The van der Waals surface area contributed by atoms with Gasteiger partial charge in [0.15, 0.2) is 0 Å². The van der Waals surface area contributed by atoms with Crippen LogP contribution in [0.4, 0.5) is 0 Å². The van der Waals surface area contributed by atoms with Crippen molar-refractivity contribution in [2.45, 2.75) is 0 Å².